The van der Waals surface area contributed by atoms with Crippen molar-refractivity contribution in [3.63, 3.8) is 0 Å². The fraction of sp³-hybridized carbons (Fsp3) is 0. The second-order valence-corrected chi connectivity index (χ2v) is 15.0. The summed E-state index contributed by atoms with van der Waals surface area (Å²) in [4.78, 5) is 15.6. The molecule has 1 aliphatic rings. The van der Waals surface area contributed by atoms with E-state index in [0.717, 1.165) is 22.4 Å². The van der Waals surface area contributed by atoms with Crippen molar-refractivity contribution in [1.82, 2.24) is 19.5 Å². The molecule has 0 spiro atoms. The first-order valence-corrected chi connectivity index (χ1v) is 19.0. The van der Waals surface area contributed by atoms with Gasteiger partial charge in [0.2, 0.25) is 0 Å². The summed E-state index contributed by atoms with van der Waals surface area (Å²) < 4.78 is 4.86. The molecule has 0 fully saturated rings. The smallest absolute Gasteiger partial charge is 0.164 e. The molecular weight excluding hydrogens is 677 g/mol. The third kappa shape index (κ3) is 4.21. The van der Waals surface area contributed by atoms with E-state index < -0.39 is 0 Å². The Kier molecular flexibility index (Phi) is 6.18. The number of hydrogen-bond acceptors (Lipinski definition) is 4. The van der Waals surface area contributed by atoms with Gasteiger partial charge in [-0.15, -0.1) is 11.3 Å². The van der Waals surface area contributed by atoms with Crippen LogP contribution in [0, 0.1) is 0 Å². The molecule has 12 rings (SSSR count). The summed E-state index contributed by atoms with van der Waals surface area (Å²) in [6.45, 7) is 0. The van der Waals surface area contributed by atoms with Crippen molar-refractivity contribution >= 4 is 64.1 Å². The Morgan fingerprint density at radius 2 is 1.04 bits per heavy atom. The summed E-state index contributed by atoms with van der Waals surface area (Å²) in [7, 11) is 0. The van der Waals surface area contributed by atoms with Crippen LogP contribution in [0.5, 0.6) is 0 Å². The number of aromatic nitrogens is 4. The monoisotopic (exact) mass is 704 g/mol. The maximum Gasteiger partial charge on any atom is 0.164 e. The Bertz CT molecular complexity index is 3280. The lowest BCUT2D eigenvalue weighted by Crippen LogP contribution is -2.01. The van der Waals surface area contributed by atoms with Crippen molar-refractivity contribution in [2.45, 2.75) is 0 Å². The van der Waals surface area contributed by atoms with Crippen molar-refractivity contribution < 1.29 is 0 Å². The van der Waals surface area contributed by atoms with Gasteiger partial charge in [-0.05, 0) is 57.8 Å². The largest absolute Gasteiger partial charge is 0.309 e. The molecule has 1 aliphatic carbocycles. The van der Waals surface area contributed by atoms with Crippen molar-refractivity contribution in [2.24, 2.45) is 0 Å². The predicted octanol–water partition coefficient (Wildman–Crippen LogP) is 13.1. The highest BCUT2D eigenvalue weighted by Gasteiger charge is 2.26. The van der Waals surface area contributed by atoms with Crippen molar-refractivity contribution in [1.29, 1.82) is 0 Å². The maximum atomic E-state index is 5.29. The van der Waals surface area contributed by atoms with Crippen LogP contribution >= 0.6 is 11.3 Å². The van der Waals surface area contributed by atoms with Gasteiger partial charge in [-0.25, -0.2) is 15.0 Å². The molecule has 11 aromatic rings. The number of fused-ring (bicyclic) bond motifs is 10. The number of para-hydroxylation sites is 2. The van der Waals surface area contributed by atoms with Crippen molar-refractivity contribution in [3.05, 3.63) is 170 Å². The quantitative estimate of drug-likeness (QED) is 0.183. The zero-order valence-electron chi connectivity index (χ0n) is 28.9. The van der Waals surface area contributed by atoms with Gasteiger partial charge in [-0.2, -0.15) is 0 Å². The molecule has 3 aromatic heterocycles. The van der Waals surface area contributed by atoms with Crippen LogP contribution in [0.4, 0.5) is 0 Å². The summed E-state index contributed by atoms with van der Waals surface area (Å²) in [6.07, 6.45) is 0. The summed E-state index contributed by atoms with van der Waals surface area (Å²) >= 11 is 1.86. The lowest BCUT2D eigenvalue weighted by Gasteiger charge is -2.12. The standard InChI is InChI=1S/C49H28N4S/c1-2-12-30(13-3-1)47-50-48(31-16-8-17-32(28-31)53-40-23-6-4-18-33(40)34-19-5-7-24-41(34)53)52-49(51-47)39-22-11-25-42-44(39)38-27-26-36-35-20-9-14-29-15-10-21-37(43(29)35)45(36)46(38)54-42/h1-28H. The molecule has 0 saturated heterocycles. The maximum absolute atomic E-state index is 5.29. The average Bonchev–Trinajstić information content (AvgIpc) is 3.90. The van der Waals surface area contributed by atoms with Gasteiger partial charge in [0.05, 0.1) is 11.0 Å². The molecule has 0 atom stereocenters. The highest BCUT2D eigenvalue weighted by Crippen LogP contribution is 2.53. The van der Waals surface area contributed by atoms with Crippen LogP contribution in [0.25, 0.3) is 115 Å². The SMILES string of the molecule is c1ccc(-c2nc(-c3cccc(-n4c5ccccc5c5ccccc54)c3)nc(-c3cccc4sc5c6c(ccc5c34)-c3cccc4cccc-6c34)n2)cc1. The number of rotatable bonds is 4. The minimum atomic E-state index is 0.640. The van der Waals surface area contributed by atoms with E-state index in [1.54, 1.807) is 0 Å². The van der Waals surface area contributed by atoms with Gasteiger partial charge in [0, 0.05) is 58.9 Å². The highest BCUT2D eigenvalue weighted by molar-refractivity contribution is 7.26. The molecule has 3 heterocycles. The zero-order valence-corrected chi connectivity index (χ0v) is 29.7. The summed E-state index contributed by atoms with van der Waals surface area (Å²) in [5.74, 6) is 1.95. The molecule has 0 radical (unpaired) electrons. The molecule has 0 bridgehead atoms. The first-order valence-electron chi connectivity index (χ1n) is 18.2. The first-order chi connectivity index (χ1) is 26.8. The average molecular weight is 705 g/mol. The Morgan fingerprint density at radius 3 is 1.83 bits per heavy atom. The molecule has 5 heteroatoms. The highest BCUT2D eigenvalue weighted by atomic mass is 32.1. The number of nitrogens with zero attached hydrogens (tertiary/aromatic N) is 4. The first kappa shape index (κ1) is 29.6. The Morgan fingerprint density at radius 1 is 0.407 bits per heavy atom. The van der Waals surface area contributed by atoms with E-state index >= 15 is 0 Å². The molecule has 0 amide bonds. The second-order valence-electron chi connectivity index (χ2n) is 13.9. The van der Waals surface area contributed by atoms with Gasteiger partial charge in [-0.3, -0.25) is 0 Å². The minimum Gasteiger partial charge on any atom is -0.309 e. The van der Waals surface area contributed by atoms with Crippen LogP contribution in [0.2, 0.25) is 0 Å². The van der Waals surface area contributed by atoms with Crippen LogP contribution < -0.4 is 0 Å². The van der Waals surface area contributed by atoms with Crippen molar-refractivity contribution in [3.8, 4) is 62.1 Å². The van der Waals surface area contributed by atoms with Gasteiger partial charge in [-0.1, -0.05) is 140 Å². The van der Waals surface area contributed by atoms with Gasteiger partial charge in [0.1, 0.15) is 0 Å². The summed E-state index contributed by atoms with van der Waals surface area (Å²) in [6, 6.07) is 60.5. The van der Waals surface area contributed by atoms with Gasteiger partial charge >= 0.3 is 0 Å². The molecule has 4 nitrogen and oxygen atoms in total. The van der Waals surface area contributed by atoms with Gasteiger partial charge in [0.15, 0.2) is 17.5 Å². The predicted molar refractivity (Wildman–Crippen MR) is 225 cm³/mol. The third-order valence-corrected chi connectivity index (χ3v) is 12.2. The van der Waals surface area contributed by atoms with Gasteiger partial charge < -0.3 is 4.57 Å². The lowest BCUT2D eigenvalue weighted by molar-refractivity contribution is 1.07. The van der Waals surface area contributed by atoms with E-state index in [0.29, 0.717) is 17.5 Å². The molecule has 0 aliphatic heterocycles. The molecule has 250 valence electrons. The Balaban J connectivity index is 1.08. The second kappa shape index (κ2) is 11.3. The molecule has 54 heavy (non-hydrogen) atoms. The number of hydrogen-bond donors (Lipinski definition) is 0. The van der Waals surface area contributed by atoms with E-state index in [4.69, 9.17) is 15.0 Å². The molecule has 0 N–H and O–H groups in total. The van der Waals surface area contributed by atoms with Crippen LogP contribution in [0.15, 0.2) is 170 Å². The number of thiophene rings is 1. The van der Waals surface area contributed by atoms with Gasteiger partial charge in [0.25, 0.3) is 0 Å². The van der Waals surface area contributed by atoms with Crippen LogP contribution in [0.1, 0.15) is 0 Å². The van der Waals surface area contributed by atoms with E-state index in [2.05, 4.69) is 156 Å². The molecule has 0 saturated carbocycles. The molecular formula is C49H28N4S. The zero-order chi connectivity index (χ0) is 35.3. The van der Waals surface area contributed by atoms with E-state index in [9.17, 15) is 0 Å². The molecule has 0 unspecified atom stereocenters. The van der Waals surface area contributed by atoms with E-state index in [-0.39, 0.29) is 0 Å². The Hall–Kier alpha value is -6.95. The van der Waals surface area contributed by atoms with Crippen molar-refractivity contribution in [2.75, 3.05) is 0 Å². The van der Waals surface area contributed by atoms with Crippen LogP contribution in [0.3, 0.4) is 0 Å². The number of benzene rings is 8. The summed E-state index contributed by atoms with van der Waals surface area (Å²) in [5.41, 5.74) is 11.5. The minimum absolute atomic E-state index is 0.640. The molecule has 8 aromatic carbocycles. The van der Waals surface area contributed by atoms with Crippen LogP contribution in [-0.2, 0) is 0 Å². The summed E-state index contributed by atoms with van der Waals surface area (Å²) in [5, 5.41) is 7.50. The fourth-order valence-electron chi connectivity index (χ4n) is 8.67. The van der Waals surface area contributed by atoms with Crippen LogP contribution in [-0.4, -0.2) is 19.5 Å². The normalized spacial score (nSPS) is 12.1. The van der Waals surface area contributed by atoms with E-state index in [1.807, 2.05) is 29.5 Å². The topological polar surface area (TPSA) is 43.6 Å². The Labute approximate surface area is 314 Å². The lowest BCUT2D eigenvalue weighted by atomic mass is 9.99. The third-order valence-electron chi connectivity index (χ3n) is 11.0. The fourth-order valence-corrected chi connectivity index (χ4v) is 9.96. The van der Waals surface area contributed by atoms with E-state index in [1.165, 1.54) is 75.0 Å².